The lowest BCUT2D eigenvalue weighted by molar-refractivity contribution is -0.120. The van der Waals surface area contributed by atoms with Crippen LogP contribution in [0.15, 0.2) is 111 Å². The van der Waals surface area contributed by atoms with E-state index < -0.39 is 5.92 Å². The highest BCUT2D eigenvalue weighted by molar-refractivity contribution is 9.11. The van der Waals surface area contributed by atoms with Gasteiger partial charge in [0, 0.05) is 97.7 Å². The van der Waals surface area contributed by atoms with Gasteiger partial charge in [-0.05, 0) is 175 Å². The fourth-order valence-electron chi connectivity index (χ4n) is 13.9. The number of aromatic nitrogens is 9. The number of pyridine rings is 1. The molecule has 4 aromatic carbocycles. The predicted octanol–water partition coefficient (Wildman–Crippen LogP) is 16.7. The number of rotatable bonds is 4. The van der Waals surface area contributed by atoms with Crippen molar-refractivity contribution in [2.24, 2.45) is 5.92 Å². The third-order valence-electron chi connectivity index (χ3n) is 18.1. The summed E-state index contributed by atoms with van der Waals surface area (Å²) >= 11 is 10.6. The summed E-state index contributed by atoms with van der Waals surface area (Å²) in [5.74, 6) is -0.495. The van der Waals surface area contributed by atoms with Crippen LogP contribution < -0.4 is 5.32 Å². The Kier molecular flexibility index (Phi) is 14.9. The first-order chi connectivity index (χ1) is 40.7. The molecule has 7 heterocycles. The van der Waals surface area contributed by atoms with E-state index >= 15 is 0 Å². The average molecular weight is 1340 g/mol. The number of benzene rings is 4. The highest BCUT2D eigenvalue weighted by atomic mass is 79.9. The van der Waals surface area contributed by atoms with E-state index in [1.807, 2.05) is 66.7 Å². The van der Waals surface area contributed by atoms with Crippen LogP contribution in [-0.4, -0.2) is 68.6 Å². The predicted molar refractivity (Wildman–Crippen MR) is 353 cm³/mol. The number of carbonyl (C=O) groups excluding carboxylic acids is 4. The van der Waals surface area contributed by atoms with Gasteiger partial charge in [-0.1, -0.05) is 109 Å². The van der Waals surface area contributed by atoms with E-state index in [-0.39, 0.29) is 44.9 Å². The number of fused-ring (bicyclic) bond motifs is 16. The Balaban J connectivity index is 0.000000115. The highest BCUT2D eigenvalue weighted by Crippen LogP contribution is 2.49. The zero-order chi connectivity index (χ0) is 61.1. The van der Waals surface area contributed by atoms with Gasteiger partial charge in [0.15, 0.2) is 11.6 Å². The second-order valence-corrected chi connectivity index (χ2v) is 29.0. The molecule has 440 valence electrons. The molecule has 0 spiro atoms. The van der Waals surface area contributed by atoms with Crippen molar-refractivity contribution in [1.29, 1.82) is 0 Å². The summed E-state index contributed by atoms with van der Waals surface area (Å²) in [6.45, 7) is 23.8. The zero-order valence-electron chi connectivity index (χ0n) is 50.2. The molecule has 4 aliphatic carbocycles. The van der Waals surface area contributed by atoms with Gasteiger partial charge in [-0.25, -0.2) is 0 Å². The Morgan fingerprint density at radius 2 is 1.02 bits per heavy atom. The molecular formula is C69H69Br3N10O4. The van der Waals surface area contributed by atoms with E-state index in [2.05, 4.69) is 192 Å². The Hall–Kier alpha value is -7.47. The molecule has 15 rings (SSSR count). The molecule has 1 amide bonds. The molecular weight excluding hydrogens is 1270 g/mol. The second-order valence-electron chi connectivity index (χ2n) is 26.2. The van der Waals surface area contributed by atoms with Gasteiger partial charge in [0.05, 0.1) is 40.9 Å². The Morgan fingerprint density at radius 1 is 0.570 bits per heavy atom. The molecule has 17 heteroatoms. The van der Waals surface area contributed by atoms with Crippen LogP contribution in [0, 0.1) is 19.8 Å². The van der Waals surface area contributed by atoms with Gasteiger partial charge in [-0.2, -0.15) is 10.2 Å². The molecule has 0 fully saturated rings. The molecule has 86 heavy (non-hydrogen) atoms. The van der Waals surface area contributed by atoms with Crippen molar-refractivity contribution in [3.05, 3.63) is 178 Å². The fraction of sp³-hybridized carbons (Fsp3) is 0.319. The molecule has 11 aromatic rings. The van der Waals surface area contributed by atoms with Crippen molar-refractivity contribution in [1.82, 2.24) is 50.6 Å². The number of amides is 1. The van der Waals surface area contributed by atoms with Gasteiger partial charge in [-0.15, -0.1) is 0 Å². The van der Waals surface area contributed by atoms with Crippen molar-refractivity contribution in [3.8, 4) is 22.8 Å². The number of nitrogens with one attached hydrogen (secondary N) is 7. The quantitative estimate of drug-likeness (QED) is 0.0846. The number of aryl methyl sites for hydroxylation is 2. The number of halogens is 3. The topological polar surface area (TPSA) is 214 Å². The largest absolute Gasteiger partial charge is 0.353 e. The normalized spacial score (nSPS) is 17.2. The Morgan fingerprint density at radius 3 is 1.51 bits per heavy atom. The van der Waals surface area contributed by atoms with Crippen molar-refractivity contribution in [2.45, 2.75) is 136 Å². The molecule has 0 radical (unpaired) electrons. The summed E-state index contributed by atoms with van der Waals surface area (Å²) in [6, 6.07) is 30.0. The molecule has 0 saturated carbocycles. The van der Waals surface area contributed by atoms with Crippen molar-refractivity contribution in [3.63, 3.8) is 0 Å². The first-order valence-corrected chi connectivity index (χ1v) is 31.5. The van der Waals surface area contributed by atoms with Gasteiger partial charge in [-0.3, -0.25) is 34.4 Å². The van der Waals surface area contributed by atoms with Gasteiger partial charge in [0.25, 0.3) is 5.91 Å². The van der Waals surface area contributed by atoms with Crippen LogP contribution in [0.4, 0.5) is 0 Å². The number of Topliss-reactive ketones (excluding diaryl/α,β-unsaturated/α-hetero) is 3. The van der Waals surface area contributed by atoms with E-state index in [1.54, 1.807) is 6.20 Å². The van der Waals surface area contributed by atoms with Crippen LogP contribution in [0.2, 0.25) is 0 Å². The van der Waals surface area contributed by atoms with Crippen LogP contribution in [0.5, 0.6) is 0 Å². The first kappa shape index (κ1) is 58.9. The molecule has 7 aromatic heterocycles. The van der Waals surface area contributed by atoms with Crippen molar-refractivity contribution < 1.29 is 19.2 Å². The monoisotopic (exact) mass is 1340 g/mol. The third kappa shape index (κ3) is 10.4. The first-order valence-electron chi connectivity index (χ1n) is 29.2. The maximum Gasteiger partial charge on any atom is 0.251 e. The minimum absolute atomic E-state index is 0.0476. The van der Waals surface area contributed by atoms with Gasteiger partial charge >= 0.3 is 0 Å². The summed E-state index contributed by atoms with van der Waals surface area (Å²) in [5, 5.41) is 22.9. The molecule has 7 N–H and O–H groups in total. The summed E-state index contributed by atoms with van der Waals surface area (Å²) in [7, 11) is 0. The highest BCUT2D eigenvalue weighted by Gasteiger charge is 2.44. The smallest absolute Gasteiger partial charge is 0.251 e. The number of H-pyrrole nitrogens is 6. The van der Waals surface area contributed by atoms with E-state index in [9.17, 15) is 19.2 Å². The Labute approximate surface area is 524 Å². The van der Waals surface area contributed by atoms with Crippen molar-refractivity contribution in [2.75, 3.05) is 0 Å². The molecule has 4 aliphatic rings. The van der Waals surface area contributed by atoms with Crippen LogP contribution in [0.3, 0.4) is 0 Å². The van der Waals surface area contributed by atoms with Gasteiger partial charge < -0.3 is 25.3 Å². The van der Waals surface area contributed by atoms with E-state index in [0.717, 1.165) is 99.7 Å². The number of ketones is 3. The lowest BCUT2D eigenvalue weighted by Gasteiger charge is -2.33. The van der Waals surface area contributed by atoms with Crippen LogP contribution >= 0.6 is 47.8 Å². The lowest BCUT2D eigenvalue weighted by atomic mass is 9.68. The molecule has 1 atom stereocenters. The van der Waals surface area contributed by atoms with Crippen LogP contribution in [0.1, 0.15) is 163 Å². The number of aromatic amines is 6. The van der Waals surface area contributed by atoms with Crippen LogP contribution in [0.25, 0.3) is 66.4 Å². The molecule has 0 saturated heterocycles. The summed E-state index contributed by atoms with van der Waals surface area (Å²) in [5.41, 5.74) is 21.1. The number of hydrogen-bond donors (Lipinski definition) is 7. The SMILES string of the molecule is CC(=O)C1CC(C)(C)c2c([nH]c3ccc(Br)cc23)C1=O.CC1(C)CCC(=O)c2[nH]c3ccc(Br)cc3c21.Cc1[nH]nc2c1CC(C)(C)c1c-2[nH]c2ccc(Br)cc12.Cc1[nH]nc2c1CC(C)(C)c1c-2[nH]c2ccc(C(=O)NCc3ccccn3)cc12. The zero-order valence-corrected chi connectivity index (χ0v) is 54.9. The maximum atomic E-state index is 12.7. The fourth-order valence-corrected chi connectivity index (χ4v) is 14.9. The summed E-state index contributed by atoms with van der Waals surface area (Å²) in [4.78, 5) is 66.9. The number of hydrogen-bond acceptors (Lipinski definition) is 7. The molecule has 14 nitrogen and oxygen atoms in total. The minimum Gasteiger partial charge on any atom is -0.353 e. The Bertz CT molecular complexity index is 4580. The molecule has 0 aliphatic heterocycles. The summed E-state index contributed by atoms with van der Waals surface area (Å²) in [6.07, 6.45) is 5.82. The average Bonchev–Trinajstić information content (AvgIpc) is 1.64. The number of nitrogens with zero attached hydrogens (tertiary/aromatic N) is 3. The van der Waals surface area contributed by atoms with Gasteiger partial charge in [0.2, 0.25) is 0 Å². The second kappa shape index (κ2) is 21.7. The van der Waals surface area contributed by atoms with Gasteiger partial charge in [0.1, 0.15) is 17.2 Å². The molecule has 1 unspecified atom stereocenters. The van der Waals surface area contributed by atoms with Crippen LogP contribution in [-0.2, 0) is 45.8 Å². The molecule has 0 bridgehead atoms. The maximum absolute atomic E-state index is 12.7. The third-order valence-corrected chi connectivity index (χ3v) is 19.6. The standard InChI is InChI=1S/C23H23N5O.C16H16BrN3.C16H16BrNO2.C14H14BrNO/c1-13-17-11-23(2,3)19-16-10-14(22(29)25-12-15-6-4-5-9-24-15)7-8-18(16)26-21(19)20(17)28-27-13;1-8-11-7-16(2,3)13-10-6-9(17)4-5-12(10)18-15(13)14(11)20-19-8;1-8(19)11-7-16(2,3)13-10-6-9(17)4-5-12(10)18-14(13)15(11)20;1-14(2)6-5-11(17)13-12(14)9-7-8(15)3-4-10(9)16-13/h4-10,26H,11-12H2,1-3H3,(H,25,29)(H,27,28);4-6,18H,7H2,1-3H3,(H,19,20);4-6,11,18H,7H2,1-3H3;3-4,7,16H,5-6H2,1-2H3. The lowest BCUT2D eigenvalue weighted by Crippen LogP contribution is -2.37. The van der Waals surface area contributed by atoms with E-state index in [0.29, 0.717) is 30.6 Å². The minimum atomic E-state index is -0.519. The van der Waals surface area contributed by atoms with Crippen molar-refractivity contribution >= 4 is 115 Å². The van der Waals surface area contributed by atoms with E-state index in [4.69, 9.17) is 0 Å². The number of carbonyl (C=O) groups is 4. The van der Waals surface area contributed by atoms with E-state index in [1.165, 1.54) is 62.4 Å². The summed E-state index contributed by atoms with van der Waals surface area (Å²) < 4.78 is 3.16.